The Balaban J connectivity index is 1.55. The minimum absolute atomic E-state index is 0.0816. The number of fused-ring (bicyclic) bond motifs is 1. The second-order valence-corrected chi connectivity index (χ2v) is 8.85. The fourth-order valence-corrected chi connectivity index (χ4v) is 6.25. The predicted molar refractivity (Wildman–Crippen MR) is 98.0 cm³/mol. The molecule has 3 nitrogen and oxygen atoms in total. The van der Waals surface area contributed by atoms with Crippen LogP contribution < -0.4 is 4.74 Å². The topological polar surface area (TPSA) is 29.5 Å². The zero-order valence-corrected chi connectivity index (χ0v) is 15.3. The monoisotopic (exact) mass is 339 g/mol. The van der Waals surface area contributed by atoms with Gasteiger partial charge in [0.1, 0.15) is 11.5 Å². The second kappa shape index (κ2) is 5.84. The van der Waals surface area contributed by atoms with Gasteiger partial charge in [-0.25, -0.2) is 0 Å². The number of likely N-dealkylation sites (tertiary alicyclic amines) is 1. The zero-order valence-electron chi connectivity index (χ0n) is 15.3. The maximum atomic E-state index is 12.4. The Kier molecular flexibility index (Phi) is 3.70. The van der Waals surface area contributed by atoms with Gasteiger partial charge in [-0.2, -0.15) is 0 Å². The first-order chi connectivity index (χ1) is 12.2. The number of rotatable bonds is 3. The third-order valence-corrected chi connectivity index (χ3v) is 7.74. The minimum atomic E-state index is 0.0816. The van der Waals surface area contributed by atoms with Crippen molar-refractivity contribution in [2.24, 2.45) is 11.8 Å². The molecular weight excluding hydrogens is 310 g/mol. The maximum absolute atomic E-state index is 12.4. The number of Topliss-reactive ketones (excluding diaryl/α,β-unsaturated/α-hetero) is 1. The Morgan fingerprint density at radius 1 is 1.28 bits per heavy atom. The van der Waals surface area contributed by atoms with Gasteiger partial charge in [-0.15, -0.1) is 0 Å². The molecule has 134 valence electrons. The van der Waals surface area contributed by atoms with E-state index in [-0.39, 0.29) is 5.41 Å². The SMILES string of the molecule is COc1ccc2c(c1)[C@@]13CCN(CC4CCC4)[C@@H](C2)[C@@H]1CCC(=O)C3. The number of ether oxygens (including phenoxy) is 1. The van der Waals surface area contributed by atoms with Crippen LogP contribution in [0.2, 0.25) is 0 Å². The van der Waals surface area contributed by atoms with Gasteiger partial charge in [0.15, 0.2) is 0 Å². The summed E-state index contributed by atoms with van der Waals surface area (Å²) in [5.74, 6) is 2.99. The lowest BCUT2D eigenvalue weighted by Gasteiger charge is -2.59. The van der Waals surface area contributed by atoms with Crippen LogP contribution in [0.25, 0.3) is 0 Å². The molecule has 1 aliphatic heterocycles. The van der Waals surface area contributed by atoms with Crippen LogP contribution in [0.15, 0.2) is 18.2 Å². The smallest absolute Gasteiger partial charge is 0.133 e. The lowest BCUT2D eigenvalue weighted by atomic mass is 9.52. The van der Waals surface area contributed by atoms with Crippen molar-refractivity contribution < 1.29 is 9.53 Å². The molecule has 0 amide bonds. The molecule has 1 aromatic carbocycles. The summed E-state index contributed by atoms with van der Waals surface area (Å²) in [6, 6.07) is 7.26. The van der Waals surface area contributed by atoms with Crippen LogP contribution in [-0.4, -0.2) is 36.9 Å². The highest BCUT2D eigenvalue weighted by Gasteiger charge is 2.55. The molecule has 4 aliphatic rings. The van der Waals surface area contributed by atoms with Crippen molar-refractivity contribution in [2.75, 3.05) is 20.2 Å². The number of carbonyl (C=O) groups is 1. The Morgan fingerprint density at radius 3 is 2.92 bits per heavy atom. The molecule has 3 aliphatic carbocycles. The van der Waals surface area contributed by atoms with E-state index < -0.39 is 0 Å². The number of nitrogens with zero attached hydrogens (tertiary/aromatic N) is 1. The molecule has 25 heavy (non-hydrogen) atoms. The van der Waals surface area contributed by atoms with E-state index in [4.69, 9.17) is 4.74 Å². The highest BCUT2D eigenvalue weighted by atomic mass is 16.5. The molecule has 1 heterocycles. The average molecular weight is 339 g/mol. The lowest BCUT2D eigenvalue weighted by Crippen LogP contribution is -2.62. The molecular formula is C22H29NO2. The van der Waals surface area contributed by atoms with E-state index in [1.165, 1.54) is 43.5 Å². The van der Waals surface area contributed by atoms with Crippen molar-refractivity contribution in [1.82, 2.24) is 4.90 Å². The van der Waals surface area contributed by atoms with Crippen LogP contribution >= 0.6 is 0 Å². The van der Waals surface area contributed by atoms with Crippen molar-refractivity contribution in [2.45, 2.75) is 62.8 Å². The van der Waals surface area contributed by atoms with Gasteiger partial charge in [-0.3, -0.25) is 9.69 Å². The molecule has 0 N–H and O–H groups in total. The molecule has 1 aromatic rings. The van der Waals surface area contributed by atoms with Crippen molar-refractivity contribution >= 4 is 5.78 Å². The minimum Gasteiger partial charge on any atom is -0.497 e. The third-order valence-electron chi connectivity index (χ3n) is 7.74. The van der Waals surface area contributed by atoms with Crippen LogP contribution in [-0.2, 0) is 16.6 Å². The molecule has 0 aromatic heterocycles. The molecule has 2 bridgehead atoms. The molecule has 0 unspecified atom stereocenters. The molecule has 0 radical (unpaired) electrons. The van der Waals surface area contributed by atoms with Crippen molar-refractivity contribution in [3.05, 3.63) is 29.3 Å². The van der Waals surface area contributed by atoms with E-state index in [1.54, 1.807) is 7.11 Å². The normalized spacial score (nSPS) is 34.8. The number of methoxy groups -OCH3 is 1. The Bertz CT molecular complexity index is 695. The van der Waals surface area contributed by atoms with E-state index in [2.05, 4.69) is 23.1 Å². The molecule has 2 saturated carbocycles. The van der Waals surface area contributed by atoms with Crippen LogP contribution in [0.1, 0.15) is 56.1 Å². The maximum Gasteiger partial charge on any atom is 0.133 e. The van der Waals surface area contributed by atoms with Crippen molar-refractivity contribution in [3.63, 3.8) is 0 Å². The van der Waals surface area contributed by atoms with E-state index in [0.29, 0.717) is 17.7 Å². The van der Waals surface area contributed by atoms with Gasteiger partial charge in [-0.1, -0.05) is 12.5 Å². The van der Waals surface area contributed by atoms with Gasteiger partial charge in [0.05, 0.1) is 7.11 Å². The number of ketones is 1. The second-order valence-electron chi connectivity index (χ2n) is 8.85. The summed E-state index contributed by atoms with van der Waals surface area (Å²) in [5, 5.41) is 0. The van der Waals surface area contributed by atoms with Crippen molar-refractivity contribution in [1.29, 1.82) is 0 Å². The first-order valence-corrected chi connectivity index (χ1v) is 10.1. The van der Waals surface area contributed by atoms with E-state index in [9.17, 15) is 4.79 Å². The summed E-state index contributed by atoms with van der Waals surface area (Å²) in [4.78, 5) is 15.2. The molecule has 3 heteroatoms. The summed E-state index contributed by atoms with van der Waals surface area (Å²) in [6.45, 7) is 2.46. The fraction of sp³-hybridized carbons (Fsp3) is 0.682. The Hall–Kier alpha value is -1.35. The lowest BCUT2D eigenvalue weighted by molar-refractivity contribution is -0.127. The van der Waals surface area contributed by atoms with Crippen LogP contribution in [0, 0.1) is 11.8 Å². The summed E-state index contributed by atoms with van der Waals surface area (Å²) < 4.78 is 5.52. The average Bonchev–Trinajstić information content (AvgIpc) is 2.58. The molecule has 5 rings (SSSR count). The first-order valence-electron chi connectivity index (χ1n) is 10.1. The summed E-state index contributed by atoms with van der Waals surface area (Å²) in [7, 11) is 1.75. The van der Waals surface area contributed by atoms with Gasteiger partial charge in [0.2, 0.25) is 0 Å². The van der Waals surface area contributed by atoms with Gasteiger partial charge in [-0.05, 0) is 73.7 Å². The summed E-state index contributed by atoms with van der Waals surface area (Å²) in [6.07, 6.45) is 9.20. The van der Waals surface area contributed by atoms with E-state index >= 15 is 0 Å². The first kappa shape index (κ1) is 15.9. The molecule has 0 spiro atoms. The highest BCUT2D eigenvalue weighted by molar-refractivity contribution is 5.81. The van der Waals surface area contributed by atoms with Crippen molar-refractivity contribution in [3.8, 4) is 5.75 Å². The summed E-state index contributed by atoms with van der Waals surface area (Å²) in [5.41, 5.74) is 2.98. The number of carbonyl (C=O) groups excluding carboxylic acids is 1. The zero-order chi connectivity index (χ0) is 17.0. The number of hydrogen-bond acceptors (Lipinski definition) is 3. The number of benzene rings is 1. The third kappa shape index (κ3) is 2.38. The highest BCUT2D eigenvalue weighted by Crippen LogP contribution is 2.55. The number of hydrogen-bond donors (Lipinski definition) is 0. The molecule has 1 saturated heterocycles. The van der Waals surface area contributed by atoms with Crippen LogP contribution in [0.4, 0.5) is 0 Å². The largest absolute Gasteiger partial charge is 0.497 e. The van der Waals surface area contributed by atoms with Gasteiger partial charge >= 0.3 is 0 Å². The van der Waals surface area contributed by atoms with E-state index in [0.717, 1.165) is 43.8 Å². The van der Waals surface area contributed by atoms with Gasteiger partial charge in [0, 0.05) is 30.8 Å². The Morgan fingerprint density at radius 2 is 2.16 bits per heavy atom. The molecule has 3 fully saturated rings. The Labute approximate surface area is 150 Å². The predicted octanol–water partition coefficient (Wildman–Crippen LogP) is 3.73. The number of piperidine rings is 1. The van der Waals surface area contributed by atoms with E-state index in [1.807, 2.05) is 0 Å². The van der Waals surface area contributed by atoms with Gasteiger partial charge in [0.25, 0.3) is 0 Å². The standard InChI is InChI=1S/C22H29NO2/c1-25-18-7-5-16-11-21-19-8-6-17(24)13-22(19,20(16)12-18)9-10-23(21)14-15-3-2-4-15/h5,7,12,15,19,21H,2-4,6,8-11,13-14H2,1H3/t19-,21-,22+/m0/s1. The summed E-state index contributed by atoms with van der Waals surface area (Å²) >= 11 is 0. The quantitative estimate of drug-likeness (QED) is 0.840. The van der Waals surface area contributed by atoms with Crippen LogP contribution in [0.5, 0.6) is 5.75 Å². The molecule has 3 atom stereocenters. The van der Waals surface area contributed by atoms with Crippen LogP contribution in [0.3, 0.4) is 0 Å². The fourth-order valence-electron chi connectivity index (χ4n) is 6.25. The van der Waals surface area contributed by atoms with Gasteiger partial charge < -0.3 is 4.74 Å².